The summed E-state index contributed by atoms with van der Waals surface area (Å²) in [5.74, 6) is -0.220. The fourth-order valence-electron chi connectivity index (χ4n) is 4.59. The van der Waals surface area contributed by atoms with Gasteiger partial charge in [0.2, 0.25) is 11.8 Å². The van der Waals surface area contributed by atoms with Crippen LogP contribution in [0.2, 0.25) is 5.02 Å². The maximum atomic E-state index is 13.9. The van der Waals surface area contributed by atoms with E-state index in [1.165, 1.54) is 28.8 Å². The Balaban J connectivity index is 1.78. The minimum Gasteiger partial charge on any atom is -0.352 e. The number of hydrogen-bond acceptors (Lipinski definition) is 4. The Morgan fingerprint density at radius 2 is 1.79 bits per heavy atom. The van der Waals surface area contributed by atoms with Crippen LogP contribution in [0.3, 0.4) is 0 Å². The van der Waals surface area contributed by atoms with E-state index < -0.39 is 0 Å². The van der Waals surface area contributed by atoms with Crippen molar-refractivity contribution in [2.75, 3.05) is 17.2 Å². The molecular weight excluding hydrogens is 535 g/mol. The first-order valence-corrected chi connectivity index (χ1v) is 14.2. The van der Waals surface area contributed by atoms with Gasteiger partial charge in [-0.15, -0.1) is 11.8 Å². The zero-order chi connectivity index (χ0) is 27.5. The Labute approximate surface area is 236 Å². The van der Waals surface area contributed by atoms with Crippen LogP contribution < -0.4 is 10.2 Å². The summed E-state index contributed by atoms with van der Waals surface area (Å²) in [5.41, 5.74) is 3.69. The van der Waals surface area contributed by atoms with E-state index in [1.807, 2.05) is 62.4 Å². The second-order valence-corrected chi connectivity index (χ2v) is 10.9. The van der Waals surface area contributed by atoms with Crippen LogP contribution in [0.1, 0.15) is 36.6 Å². The average Bonchev–Trinajstić information content (AvgIpc) is 3.26. The summed E-state index contributed by atoms with van der Waals surface area (Å²) in [4.78, 5) is 28.3. The summed E-state index contributed by atoms with van der Waals surface area (Å²) < 4.78 is 15.6. The summed E-state index contributed by atoms with van der Waals surface area (Å²) >= 11 is 8.09. The third-order valence-corrected chi connectivity index (χ3v) is 8.29. The van der Waals surface area contributed by atoms with E-state index in [9.17, 15) is 14.0 Å². The molecular formula is C30H28ClFN4O2S. The van der Waals surface area contributed by atoms with Crippen molar-refractivity contribution in [2.24, 2.45) is 0 Å². The maximum absolute atomic E-state index is 13.9. The molecule has 200 valence electrons. The molecule has 0 bridgehead atoms. The standard InChI is InChI=1S/C30H28ClFN4O2S/c1-3-19(2)33-25(37)17-35-26(38)18-39-29(21-13-15-22(32)16-14-21)27-28(20-9-5-4-6-10-20)34-36(30(27)35)24-12-8-7-11-23(24)31/h4-16,19,29H,3,17-18H2,1-2H3,(H,33,37)/t19-,29+/m0/s1. The van der Waals surface area contributed by atoms with Crippen molar-refractivity contribution in [2.45, 2.75) is 31.6 Å². The lowest BCUT2D eigenvalue weighted by atomic mass is 9.99. The van der Waals surface area contributed by atoms with Gasteiger partial charge in [0, 0.05) is 17.2 Å². The van der Waals surface area contributed by atoms with Crippen molar-refractivity contribution in [3.8, 4) is 16.9 Å². The monoisotopic (exact) mass is 562 g/mol. The smallest absolute Gasteiger partial charge is 0.240 e. The lowest BCUT2D eigenvalue weighted by Crippen LogP contribution is -2.44. The summed E-state index contributed by atoms with van der Waals surface area (Å²) in [5, 5.41) is 8.09. The van der Waals surface area contributed by atoms with E-state index in [-0.39, 0.29) is 41.2 Å². The van der Waals surface area contributed by atoms with Gasteiger partial charge < -0.3 is 5.32 Å². The second kappa shape index (κ2) is 11.6. The van der Waals surface area contributed by atoms with E-state index in [1.54, 1.807) is 22.9 Å². The van der Waals surface area contributed by atoms with Crippen LogP contribution in [0.4, 0.5) is 10.2 Å². The number of carbonyl (C=O) groups is 2. The van der Waals surface area contributed by atoms with Crippen molar-refractivity contribution >= 4 is 41.0 Å². The van der Waals surface area contributed by atoms with Gasteiger partial charge in [-0.25, -0.2) is 9.07 Å². The number of nitrogens with one attached hydrogen (secondary N) is 1. The number of anilines is 1. The lowest BCUT2D eigenvalue weighted by Gasteiger charge is -2.24. The third kappa shape index (κ3) is 5.58. The number of para-hydroxylation sites is 1. The zero-order valence-electron chi connectivity index (χ0n) is 21.6. The molecule has 3 aromatic carbocycles. The van der Waals surface area contributed by atoms with Crippen LogP contribution in [0.25, 0.3) is 16.9 Å². The number of thioether (sulfide) groups is 1. The molecule has 4 aromatic rings. The molecule has 0 fully saturated rings. The third-order valence-electron chi connectivity index (χ3n) is 6.71. The number of amides is 2. The number of carbonyl (C=O) groups excluding carboxylic acids is 2. The van der Waals surface area contributed by atoms with Crippen molar-refractivity contribution in [3.63, 3.8) is 0 Å². The maximum Gasteiger partial charge on any atom is 0.240 e. The first kappa shape index (κ1) is 27.0. The van der Waals surface area contributed by atoms with Crippen LogP contribution in [0.15, 0.2) is 78.9 Å². The predicted molar refractivity (Wildman–Crippen MR) is 155 cm³/mol. The average molecular weight is 563 g/mol. The number of fused-ring (bicyclic) bond motifs is 1. The molecule has 6 nitrogen and oxygen atoms in total. The Morgan fingerprint density at radius 1 is 1.10 bits per heavy atom. The topological polar surface area (TPSA) is 67.2 Å². The molecule has 1 N–H and O–H groups in total. The molecule has 1 aliphatic heterocycles. The summed E-state index contributed by atoms with van der Waals surface area (Å²) in [7, 11) is 0. The molecule has 1 aromatic heterocycles. The van der Waals surface area contributed by atoms with Crippen LogP contribution in [0.5, 0.6) is 0 Å². The molecule has 0 saturated heterocycles. The van der Waals surface area contributed by atoms with Gasteiger partial charge in [0.1, 0.15) is 18.2 Å². The highest BCUT2D eigenvalue weighted by Gasteiger charge is 2.38. The molecule has 0 saturated carbocycles. The first-order valence-electron chi connectivity index (χ1n) is 12.8. The van der Waals surface area contributed by atoms with Crippen molar-refractivity contribution in [3.05, 3.63) is 101 Å². The Kier molecular flexibility index (Phi) is 8.04. The number of nitrogens with zero attached hydrogens (tertiary/aromatic N) is 3. The number of halogens is 2. The molecule has 2 amide bonds. The van der Waals surface area contributed by atoms with Crippen LogP contribution in [0, 0.1) is 5.82 Å². The van der Waals surface area contributed by atoms with Gasteiger partial charge in [0.05, 0.1) is 27.4 Å². The number of aromatic nitrogens is 2. The minimum absolute atomic E-state index is 0.0336. The summed E-state index contributed by atoms with van der Waals surface area (Å²) in [6.07, 6.45) is 0.767. The Bertz CT molecular complexity index is 1490. The van der Waals surface area contributed by atoms with Gasteiger partial charge in [-0.3, -0.25) is 14.5 Å². The minimum atomic E-state index is -0.348. The quantitative estimate of drug-likeness (QED) is 0.282. The molecule has 2 atom stereocenters. The van der Waals surface area contributed by atoms with Crippen molar-refractivity contribution < 1.29 is 14.0 Å². The van der Waals surface area contributed by atoms with Gasteiger partial charge in [0.15, 0.2) is 0 Å². The molecule has 0 unspecified atom stereocenters. The largest absolute Gasteiger partial charge is 0.352 e. The van der Waals surface area contributed by atoms with Crippen LogP contribution >= 0.6 is 23.4 Å². The van der Waals surface area contributed by atoms with Crippen molar-refractivity contribution in [1.29, 1.82) is 0 Å². The number of benzene rings is 3. The van der Waals surface area contributed by atoms with Gasteiger partial charge in [-0.05, 0) is 43.2 Å². The number of hydrogen-bond donors (Lipinski definition) is 1. The molecule has 2 heterocycles. The van der Waals surface area contributed by atoms with Gasteiger partial charge >= 0.3 is 0 Å². The second-order valence-electron chi connectivity index (χ2n) is 9.41. The van der Waals surface area contributed by atoms with Crippen LogP contribution in [-0.2, 0) is 9.59 Å². The number of rotatable bonds is 7. The van der Waals surface area contributed by atoms with Crippen LogP contribution in [-0.4, -0.2) is 39.9 Å². The molecule has 1 aliphatic rings. The van der Waals surface area contributed by atoms with E-state index >= 15 is 0 Å². The zero-order valence-corrected chi connectivity index (χ0v) is 23.2. The normalized spacial score (nSPS) is 15.9. The summed E-state index contributed by atoms with van der Waals surface area (Å²) in [6, 6.07) is 23.2. The molecule has 0 spiro atoms. The van der Waals surface area contributed by atoms with E-state index in [0.717, 1.165) is 23.1 Å². The first-order chi connectivity index (χ1) is 18.9. The highest BCUT2D eigenvalue weighted by atomic mass is 35.5. The fraction of sp³-hybridized carbons (Fsp3) is 0.233. The summed E-state index contributed by atoms with van der Waals surface area (Å²) in [6.45, 7) is 3.75. The lowest BCUT2D eigenvalue weighted by molar-refractivity contribution is -0.123. The highest BCUT2D eigenvalue weighted by Crippen LogP contribution is 2.48. The molecule has 39 heavy (non-hydrogen) atoms. The van der Waals surface area contributed by atoms with E-state index in [2.05, 4.69) is 5.32 Å². The Hall–Kier alpha value is -3.62. The van der Waals surface area contributed by atoms with Gasteiger partial charge in [-0.2, -0.15) is 5.10 Å². The van der Waals surface area contributed by atoms with Gasteiger partial charge in [0.25, 0.3) is 0 Å². The molecule has 0 aliphatic carbocycles. The van der Waals surface area contributed by atoms with E-state index in [0.29, 0.717) is 22.2 Å². The Morgan fingerprint density at radius 3 is 2.49 bits per heavy atom. The predicted octanol–water partition coefficient (Wildman–Crippen LogP) is 6.42. The SMILES string of the molecule is CC[C@H](C)NC(=O)CN1C(=O)CS[C@H](c2ccc(F)cc2)c2c(-c3ccccc3)nn(-c3ccccc3Cl)c21. The van der Waals surface area contributed by atoms with Gasteiger partial charge in [-0.1, -0.05) is 73.1 Å². The fourth-order valence-corrected chi connectivity index (χ4v) is 6.00. The van der Waals surface area contributed by atoms with Crippen molar-refractivity contribution in [1.82, 2.24) is 15.1 Å². The molecule has 0 radical (unpaired) electrons. The van der Waals surface area contributed by atoms with E-state index in [4.69, 9.17) is 16.7 Å². The highest BCUT2D eigenvalue weighted by molar-refractivity contribution is 8.00. The molecule has 5 rings (SSSR count). The molecule has 9 heteroatoms.